The normalized spacial score (nSPS) is 13.6. The highest BCUT2D eigenvalue weighted by Crippen LogP contribution is 2.37. The number of carbonyl (C=O) groups excluding carboxylic acids is 2. The first kappa shape index (κ1) is 47.5. The number of unbranched alkanes of at least 4 members (excludes halogenated alkanes) is 1. The third-order valence-corrected chi connectivity index (χ3v) is 6.67. The zero-order valence-corrected chi connectivity index (χ0v) is 32.2. The minimum atomic E-state index is -0.711. The monoisotopic (exact) mass is 669 g/mol. The molecule has 0 fully saturated rings. The summed E-state index contributed by atoms with van der Waals surface area (Å²) >= 11 is 5.86. The van der Waals surface area contributed by atoms with Crippen LogP contribution in [-0.2, 0) is 13.0 Å². The van der Waals surface area contributed by atoms with E-state index in [2.05, 4.69) is 13.8 Å². The maximum absolute atomic E-state index is 13.5. The molecule has 0 saturated carbocycles. The number of aromatic nitrogens is 1. The number of rotatable bonds is 7. The van der Waals surface area contributed by atoms with Crippen molar-refractivity contribution in [3.05, 3.63) is 61.8 Å². The van der Waals surface area contributed by atoms with E-state index in [4.69, 9.17) is 11.6 Å². The summed E-state index contributed by atoms with van der Waals surface area (Å²) in [6.45, 7) is 29.2. The SMILES string of the molecule is CC.CC.CC.CC.CC.CCC.CCCC[C@@H]1N(CCC)C(=O)c2c3c(c(O)c(=O)n21)C(=O)N(Cc1ccc(F)c(Cl)c1)CC3. The van der Waals surface area contributed by atoms with Crippen LogP contribution in [0, 0.1) is 5.82 Å². The van der Waals surface area contributed by atoms with E-state index in [0.717, 1.165) is 19.3 Å². The maximum Gasteiger partial charge on any atom is 0.295 e. The number of amides is 2. The Balaban J connectivity index is -0.00000126. The topological polar surface area (TPSA) is 82.9 Å². The van der Waals surface area contributed by atoms with Gasteiger partial charge in [-0.05, 0) is 43.4 Å². The third-order valence-electron chi connectivity index (χ3n) is 6.38. The van der Waals surface area contributed by atoms with Crippen molar-refractivity contribution in [2.75, 3.05) is 13.1 Å². The minimum Gasteiger partial charge on any atom is -0.502 e. The molecule has 2 aliphatic heterocycles. The molecule has 0 radical (unpaired) electrons. The summed E-state index contributed by atoms with van der Waals surface area (Å²) in [7, 11) is 0. The van der Waals surface area contributed by atoms with Gasteiger partial charge in [0.15, 0.2) is 5.75 Å². The first-order valence-electron chi connectivity index (χ1n) is 17.8. The molecule has 0 spiro atoms. The van der Waals surface area contributed by atoms with Crippen molar-refractivity contribution in [3.63, 3.8) is 0 Å². The summed E-state index contributed by atoms with van der Waals surface area (Å²) < 4.78 is 14.9. The average Bonchev–Trinajstić information content (AvgIpc) is 3.37. The number of hydrogen-bond donors (Lipinski definition) is 1. The van der Waals surface area contributed by atoms with Crippen molar-refractivity contribution in [3.8, 4) is 5.75 Å². The van der Waals surface area contributed by atoms with Gasteiger partial charge in [0.1, 0.15) is 17.7 Å². The smallest absolute Gasteiger partial charge is 0.295 e. The summed E-state index contributed by atoms with van der Waals surface area (Å²) in [5.41, 5.74) is 0.458. The molecule has 46 heavy (non-hydrogen) atoms. The van der Waals surface area contributed by atoms with Gasteiger partial charge in [0.05, 0.1) is 10.6 Å². The molecule has 1 atom stereocenters. The van der Waals surface area contributed by atoms with Gasteiger partial charge >= 0.3 is 0 Å². The van der Waals surface area contributed by atoms with E-state index in [1.54, 1.807) is 4.90 Å². The minimum absolute atomic E-state index is 0.0454. The third kappa shape index (κ3) is 12.1. The van der Waals surface area contributed by atoms with Crippen LogP contribution in [0.3, 0.4) is 0 Å². The molecule has 1 aromatic heterocycles. The molecule has 2 amide bonds. The Morgan fingerprint density at radius 1 is 0.870 bits per heavy atom. The summed E-state index contributed by atoms with van der Waals surface area (Å²) in [4.78, 5) is 43.0. The van der Waals surface area contributed by atoms with Gasteiger partial charge in [-0.2, -0.15) is 0 Å². The van der Waals surface area contributed by atoms with Gasteiger partial charge in [0.25, 0.3) is 17.4 Å². The predicted molar refractivity (Wildman–Crippen MR) is 195 cm³/mol. The summed E-state index contributed by atoms with van der Waals surface area (Å²) in [6, 6.07) is 4.21. The second-order valence-corrected chi connectivity index (χ2v) is 9.69. The van der Waals surface area contributed by atoms with Crippen molar-refractivity contribution in [2.45, 2.75) is 148 Å². The molecule has 0 aliphatic carbocycles. The van der Waals surface area contributed by atoms with Crippen LogP contribution in [0.25, 0.3) is 0 Å². The second kappa shape index (κ2) is 27.3. The Morgan fingerprint density at radius 2 is 1.41 bits per heavy atom. The number of benzene rings is 1. The lowest BCUT2D eigenvalue weighted by molar-refractivity contribution is 0.0680. The van der Waals surface area contributed by atoms with Crippen molar-refractivity contribution in [1.82, 2.24) is 14.4 Å². The Morgan fingerprint density at radius 3 is 1.89 bits per heavy atom. The van der Waals surface area contributed by atoms with E-state index < -0.39 is 29.2 Å². The largest absolute Gasteiger partial charge is 0.502 e. The Kier molecular flexibility index (Phi) is 28.2. The highest BCUT2D eigenvalue weighted by Gasteiger charge is 2.43. The number of halogens is 2. The number of hydrogen-bond acceptors (Lipinski definition) is 4. The molecule has 9 heteroatoms. The van der Waals surface area contributed by atoms with Crippen LogP contribution in [-0.4, -0.2) is 44.4 Å². The van der Waals surface area contributed by atoms with E-state index in [0.29, 0.717) is 37.1 Å². The van der Waals surface area contributed by atoms with Gasteiger partial charge in [-0.25, -0.2) is 4.39 Å². The van der Waals surface area contributed by atoms with Crippen LogP contribution < -0.4 is 5.56 Å². The van der Waals surface area contributed by atoms with Gasteiger partial charge in [-0.1, -0.05) is 127 Å². The lowest BCUT2D eigenvalue weighted by Gasteiger charge is -2.30. The van der Waals surface area contributed by atoms with Gasteiger partial charge in [-0.3, -0.25) is 19.0 Å². The van der Waals surface area contributed by atoms with E-state index in [1.165, 1.54) is 34.1 Å². The lowest BCUT2D eigenvalue weighted by Crippen LogP contribution is -2.40. The standard InChI is InChI=1S/C24H27ClFN3O4.C3H8.5C2H6/c1-3-5-6-18-28(10-4-2)23(32)20-15-9-11-27(13-14-7-8-17(26)16(25)12-14)22(31)19(15)21(30)24(33)29(18)20;1-3-2;5*1-2/h7-8,12,18,30H,3-6,9-11,13H2,1-2H3;3H2,1-2H3;5*1-2H3/t18-;;;;;;/m1....../s1. The summed E-state index contributed by atoms with van der Waals surface area (Å²) in [5, 5.41) is 10.8. The Hall–Kier alpha value is -2.87. The second-order valence-electron chi connectivity index (χ2n) is 9.28. The molecule has 0 bridgehead atoms. The molecule has 2 aromatic rings. The van der Waals surface area contributed by atoms with E-state index in [1.807, 2.05) is 83.1 Å². The van der Waals surface area contributed by atoms with Crippen LogP contribution in [0.1, 0.15) is 167 Å². The van der Waals surface area contributed by atoms with Crippen molar-refractivity contribution < 1.29 is 19.1 Å². The highest BCUT2D eigenvalue weighted by molar-refractivity contribution is 6.30. The molecule has 1 aromatic carbocycles. The van der Waals surface area contributed by atoms with Crippen LogP contribution in [0.15, 0.2) is 23.0 Å². The van der Waals surface area contributed by atoms with E-state index in [-0.39, 0.29) is 28.7 Å². The lowest BCUT2D eigenvalue weighted by atomic mass is 9.95. The fourth-order valence-corrected chi connectivity index (χ4v) is 5.01. The van der Waals surface area contributed by atoms with Crippen LogP contribution in [0.2, 0.25) is 5.02 Å². The van der Waals surface area contributed by atoms with E-state index >= 15 is 0 Å². The van der Waals surface area contributed by atoms with Crippen molar-refractivity contribution in [1.29, 1.82) is 0 Å². The summed E-state index contributed by atoms with van der Waals surface area (Å²) in [6.07, 6.45) is 4.20. The first-order valence-corrected chi connectivity index (χ1v) is 18.1. The zero-order valence-electron chi connectivity index (χ0n) is 31.4. The first-order chi connectivity index (χ1) is 22.2. The zero-order chi connectivity index (χ0) is 36.6. The molecular formula is C37H65ClFN3O4. The van der Waals surface area contributed by atoms with Crippen LogP contribution in [0.5, 0.6) is 5.75 Å². The van der Waals surface area contributed by atoms with Crippen LogP contribution >= 0.6 is 11.6 Å². The number of carbonyl (C=O) groups is 2. The molecule has 2 aliphatic rings. The molecule has 4 rings (SSSR count). The fourth-order valence-electron chi connectivity index (χ4n) is 4.81. The molecule has 0 unspecified atom stereocenters. The summed E-state index contributed by atoms with van der Waals surface area (Å²) in [5.74, 6) is -1.96. The maximum atomic E-state index is 13.5. The van der Waals surface area contributed by atoms with Crippen molar-refractivity contribution >= 4 is 23.4 Å². The Labute approximate surface area is 285 Å². The Bertz CT molecular complexity index is 1200. The van der Waals surface area contributed by atoms with Crippen molar-refractivity contribution in [2.24, 2.45) is 0 Å². The van der Waals surface area contributed by atoms with Gasteiger partial charge in [0.2, 0.25) is 0 Å². The number of fused-ring (bicyclic) bond motifs is 3. The average molecular weight is 670 g/mol. The van der Waals surface area contributed by atoms with Crippen LogP contribution in [0.4, 0.5) is 4.39 Å². The highest BCUT2D eigenvalue weighted by atomic mass is 35.5. The quantitative estimate of drug-likeness (QED) is 0.318. The predicted octanol–water partition coefficient (Wildman–Crippen LogP) is 10.6. The molecule has 266 valence electrons. The number of aromatic hydroxyl groups is 1. The number of pyridine rings is 1. The molecule has 3 heterocycles. The van der Waals surface area contributed by atoms with Gasteiger partial charge in [0, 0.05) is 25.2 Å². The van der Waals surface area contributed by atoms with Gasteiger partial charge in [-0.15, -0.1) is 0 Å². The molecule has 7 nitrogen and oxygen atoms in total. The van der Waals surface area contributed by atoms with Gasteiger partial charge < -0.3 is 14.9 Å². The molecule has 1 N–H and O–H groups in total. The number of nitrogens with zero attached hydrogens (tertiary/aromatic N) is 3. The molecule has 0 saturated heterocycles. The van der Waals surface area contributed by atoms with E-state index in [9.17, 15) is 23.9 Å². The fraction of sp³-hybridized carbons (Fsp3) is 0.649. The molecular weight excluding hydrogens is 605 g/mol.